The van der Waals surface area contributed by atoms with Crippen LogP contribution in [0.5, 0.6) is 0 Å². The Labute approximate surface area is 71.2 Å². The third-order valence-corrected chi connectivity index (χ3v) is 1.31. The van der Waals surface area contributed by atoms with Gasteiger partial charge in [0, 0.05) is 6.54 Å². The third kappa shape index (κ3) is 3.74. The predicted molar refractivity (Wildman–Crippen MR) is 46.0 cm³/mol. The molecule has 4 heteroatoms. The van der Waals surface area contributed by atoms with E-state index < -0.39 is 0 Å². The van der Waals surface area contributed by atoms with E-state index in [-0.39, 0.29) is 22.9 Å². The van der Waals surface area contributed by atoms with E-state index in [2.05, 4.69) is 10.9 Å². The molecule has 0 bridgehead atoms. The van der Waals surface area contributed by atoms with Crippen molar-refractivity contribution in [2.75, 3.05) is 6.54 Å². The molecule has 0 radical (unpaired) electrons. The molecule has 1 rings (SSSR count). The molecule has 0 amide bonds. The fraction of sp³-hybridized carbons (Fsp3) is 0.667. The number of aliphatic hydroxyl groups is 1. The SMILES string of the molecule is Br.O/C1=C/CCCCNN1. The highest BCUT2D eigenvalue weighted by Gasteiger charge is 1.94. The number of hydrogen-bond acceptors (Lipinski definition) is 3. The fourth-order valence-electron chi connectivity index (χ4n) is 0.801. The Balaban J connectivity index is 0.000000810. The van der Waals surface area contributed by atoms with E-state index >= 15 is 0 Å². The Morgan fingerprint density at radius 3 is 3.00 bits per heavy atom. The molecule has 0 unspecified atom stereocenters. The Bertz CT molecular complexity index is 116. The number of nitrogens with one attached hydrogen (secondary N) is 2. The summed E-state index contributed by atoms with van der Waals surface area (Å²) >= 11 is 0. The first-order valence-corrected chi connectivity index (χ1v) is 3.27. The molecule has 3 nitrogen and oxygen atoms in total. The maximum Gasteiger partial charge on any atom is 0.194 e. The van der Waals surface area contributed by atoms with Gasteiger partial charge >= 0.3 is 0 Å². The van der Waals surface area contributed by atoms with Gasteiger partial charge in [0.1, 0.15) is 0 Å². The van der Waals surface area contributed by atoms with Crippen molar-refractivity contribution in [2.24, 2.45) is 0 Å². The van der Waals surface area contributed by atoms with Gasteiger partial charge in [-0.1, -0.05) is 0 Å². The zero-order valence-corrected chi connectivity index (χ0v) is 7.47. The van der Waals surface area contributed by atoms with Crippen molar-refractivity contribution in [2.45, 2.75) is 19.3 Å². The summed E-state index contributed by atoms with van der Waals surface area (Å²) in [5.41, 5.74) is 5.52. The van der Waals surface area contributed by atoms with Gasteiger partial charge in [-0.05, 0) is 25.3 Å². The third-order valence-electron chi connectivity index (χ3n) is 1.31. The van der Waals surface area contributed by atoms with E-state index in [1.54, 1.807) is 6.08 Å². The molecule has 60 valence electrons. The molecule has 0 aromatic heterocycles. The van der Waals surface area contributed by atoms with Crippen LogP contribution in [0.1, 0.15) is 19.3 Å². The minimum atomic E-state index is 0. The summed E-state index contributed by atoms with van der Waals surface area (Å²) < 4.78 is 0. The van der Waals surface area contributed by atoms with Gasteiger partial charge in [0.15, 0.2) is 5.88 Å². The average molecular weight is 209 g/mol. The summed E-state index contributed by atoms with van der Waals surface area (Å²) in [6.45, 7) is 0.928. The van der Waals surface area contributed by atoms with E-state index in [1.165, 1.54) is 0 Å². The summed E-state index contributed by atoms with van der Waals surface area (Å²) in [7, 11) is 0. The summed E-state index contributed by atoms with van der Waals surface area (Å²) in [6.07, 6.45) is 5.07. The Morgan fingerprint density at radius 1 is 1.40 bits per heavy atom. The van der Waals surface area contributed by atoms with Gasteiger partial charge in [-0.3, -0.25) is 5.43 Å². The van der Waals surface area contributed by atoms with E-state index in [0.29, 0.717) is 0 Å². The first-order valence-electron chi connectivity index (χ1n) is 3.27. The summed E-state index contributed by atoms with van der Waals surface area (Å²) in [5, 5.41) is 8.90. The monoisotopic (exact) mass is 208 g/mol. The number of aliphatic hydroxyl groups excluding tert-OH is 1. The number of halogens is 1. The highest BCUT2D eigenvalue weighted by atomic mass is 79.9. The van der Waals surface area contributed by atoms with Crippen molar-refractivity contribution < 1.29 is 5.11 Å². The lowest BCUT2D eigenvalue weighted by atomic mass is 10.2. The van der Waals surface area contributed by atoms with Crippen molar-refractivity contribution in [3.8, 4) is 0 Å². The molecule has 0 aliphatic carbocycles. The van der Waals surface area contributed by atoms with Crippen LogP contribution in [0.2, 0.25) is 0 Å². The van der Waals surface area contributed by atoms with Gasteiger partial charge in [-0.2, -0.15) is 0 Å². The number of rotatable bonds is 0. The predicted octanol–water partition coefficient (Wildman–Crippen LogP) is 1.24. The highest BCUT2D eigenvalue weighted by molar-refractivity contribution is 8.93. The summed E-state index contributed by atoms with van der Waals surface area (Å²) in [4.78, 5) is 0. The van der Waals surface area contributed by atoms with E-state index in [0.717, 1.165) is 25.8 Å². The zero-order chi connectivity index (χ0) is 6.53. The minimum Gasteiger partial charge on any atom is -0.494 e. The molecule has 0 saturated heterocycles. The van der Waals surface area contributed by atoms with Gasteiger partial charge in [-0.15, -0.1) is 17.0 Å². The quantitative estimate of drug-likeness (QED) is 0.562. The Hall–Kier alpha value is -0.220. The van der Waals surface area contributed by atoms with E-state index in [4.69, 9.17) is 5.11 Å². The minimum absolute atomic E-state index is 0. The maximum atomic E-state index is 8.90. The molecule has 0 saturated carbocycles. The van der Waals surface area contributed by atoms with Crippen LogP contribution in [0.25, 0.3) is 0 Å². The summed E-state index contributed by atoms with van der Waals surface area (Å²) in [5.74, 6) is 0.245. The second kappa shape index (κ2) is 5.56. The molecular formula is C6H13BrN2O. The molecule has 1 aliphatic heterocycles. The lowest BCUT2D eigenvalue weighted by Crippen LogP contribution is -2.32. The normalized spacial score (nSPS) is 24.2. The van der Waals surface area contributed by atoms with Crippen LogP contribution >= 0.6 is 17.0 Å². The van der Waals surface area contributed by atoms with Gasteiger partial charge < -0.3 is 5.11 Å². The summed E-state index contributed by atoms with van der Waals surface area (Å²) in [6, 6.07) is 0. The van der Waals surface area contributed by atoms with Crippen LogP contribution in [0.15, 0.2) is 12.0 Å². The standard InChI is InChI=1S/C6H12N2O.BrH/c9-6-4-2-1-3-5-7-8-6;/h4,7-9H,1-3,5H2;1H/b6-4+;. The van der Waals surface area contributed by atoms with Crippen LogP contribution in [0.4, 0.5) is 0 Å². The molecule has 10 heavy (non-hydrogen) atoms. The van der Waals surface area contributed by atoms with Crippen molar-refractivity contribution in [1.29, 1.82) is 0 Å². The molecule has 1 heterocycles. The largest absolute Gasteiger partial charge is 0.494 e. The van der Waals surface area contributed by atoms with Crippen LogP contribution in [-0.2, 0) is 0 Å². The topological polar surface area (TPSA) is 44.3 Å². The fourth-order valence-corrected chi connectivity index (χ4v) is 0.801. The molecule has 3 N–H and O–H groups in total. The molecule has 0 spiro atoms. The van der Waals surface area contributed by atoms with Crippen molar-refractivity contribution >= 4 is 17.0 Å². The van der Waals surface area contributed by atoms with Gasteiger partial charge in [0.05, 0.1) is 0 Å². The number of hydrogen-bond donors (Lipinski definition) is 3. The molecular weight excluding hydrogens is 196 g/mol. The first kappa shape index (κ1) is 9.78. The lowest BCUT2D eigenvalue weighted by Gasteiger charge is -2.09. The van der Waals surface area contributed by atoms with E-state index in [1.807, 2.05) is 0 Å². The average Bonchev–Trinajstić information content (AvgIpc) is 1.79. The van der Waals surface area contributed by atoms with Crippen LogP contribution in [-0.4, -0.2) is 11.7 Å². The number of allylic oxidation sites excluding steroid dienone is 1. The molecule has 1 aliphatic rings. The van der Waals surface area contributed by atoms with E-state index in [9.17, 15) is 0 Å². The molecule has 0 aromatic carbocycles. The smallest absolute Gasteiger partial charge is 0.194 e. The number of hydrazine groups is 1. The maximum absolute atomic E-state index is 8.90. The van der Waals surface area contributed by atoms with Crippen molar-refractivity contribution in [1.82, 2.24) is 10.9 Å². The van der Waals surface area contributed by atoms with Gasteiger partial charge in [-0.25, -0.2) is 5.43 Å². The van der Waals surface area contributed by atoms with Crippen LogP contribution in [0, 0.1) is 0 Å². The van der Waals surface area contributed by atoms with Crippen LogP contribution < -0.4 is 10.9 Å². The molecule has 0 aromatic rings. The van der Waals surface area contributed by atoms with Crippen molar-refractivity contribution in [3.05, 3.63) is 12.0 Å². The highest BCUT2D eigenvalue weighted by Crippen LogP contribution is 1.98. The molecule has 0 fully saturated rings. The van der Waals surface area contributed by atoms with Crippen molar-refractivity contribution in [3.63, 3.8) is 0 Å². The lowest BCUT2D eigenvalue weighted by molar-refractivity contribution is 0.328. The Kier molecular flexibility index (Phi) is 5.43. The van der Waals surface area contributed by atoms with Crippen LogP contribution in [0.3, 0.4) is 0 Å². The van der Waals surface area contributed by atoms with Gasteiger partial charge in [0.2, 0.25) is 0 Å². The Morgan fingerprint density at radius 2 is 2.20 bits per heavy atom. The second-order valence-corrected chi connectivity index (χ2v) is 2.14. The van der Waals surface area contributed by atoms with Gasteiger partial charge in [0.25, 0.3) is 0 Å². The first-order chi connectivity index (χ1) is 4.39. The molecule has 0 atom stereocenters. The second-order valence-electron chi connectivity index (χ2n) is 2.14. The zero-order valence-electron chi connectivity index (χ0n) is 5.76.